The highest BCUT2D eigenvalue weighted by molar-refractivity contribution is 8.00. The van der Waals surface area contributed by atoms with E-state index in [0.29, 0.717) is 11.0 Å². The second-order valence-corrected chi connectivity index (χ2v) is 7.73. The van der Waals surface area contributed by atoms with Gasteiger partial charge in [-0.15, -0.1) is 11.3 Å². The smallest absolute Gasteiger partial charge is 0.233 e. The molecule has 108 valence electrons. The topological polar surface area (TPSA) is 80.9 Å². The quantitative estimate of drug-likeness (QED) is 0.673. The van der Waals surface area contributed by atoms with Crippen molar-refractivity contribution in [2.45, 2.75) is 43.6 Å². The summed E-state index contributed by atoms with van der Waals surface area (Å²) in [6.45, 7) is 7.70. The van der Waals surface area contributed by atoms with Crippen LogP contribution in [0, 0.1) is 0 Å². The summed E-state index contributed by atoms with van der Waals surface area (Å²) in [6.07, 6.45) is 0. The van der Waals surface area contributed by atoms with Gasteiger partial charge in [0, 0.05) is 5.54 Å². The fourth-order valence-corrected chi connectivity index (χ4v) is 3.20. The van der Waals surface area contributed by atoms with Gasteiger partial charge in [0.1, 0.15) is 10.6 Å². The first-order valence-corrected chi connectivity index (χ1v) is 8.01. The Labute approximate surface area is 126 Å². The number of carbonyl (C=O) groups is 1. The number of nitrogens with zero attached hydrogens (tertiary/aromatic N) is 2. The third-order valence-electron chi connectivity index (χ3n) is 2.48. The Balaban J connectivity index is 2.13. The molecule has 0 spiro atoms. The zero-order valence-electron chi connectivity index (χ0n) is 11.9. The Hall–Kier alpha value is -1.34. The highest BCUT2D eigenvalue weighted by atomic mass is 32.2. The Bertz CT molecular complexity index is 633. The number of hydrogen-bond donors (Lipinski definition) is 2. The van der Waals surface area contributed by atoms with Crippen molar-refractivity contribution in [1.82, 2.24) is 15.3 Å². The van der Waals surface area contributed by atoms with E-state index >= 15 is 0 Å². The summed E-state index contributed by atoms with van der Waals surface area (Å²) in [5.41, 5.74) is 5.65. The van der Waals surface area contributed by atoms with Crippen LogP contribution >= 0.6 is 23.1 Å². The third-order valence-corrected chi connectivity index (χ3v) is 4.25. The van der Waals surface area contributed by atoms with Gasteiger partial charge in [-0.3, -0.25) is 4.79 Å². The Morgan fingerprint density at radius 2 is 2.15 bits per heavy atom. The number of aromatic nitrogens is 2. The number of carbonyl (C=O) groups excluding carboxylic acids is 1. The van der Waals surface area contributed by atoms with Gasteiger partial charge in [0.2, 0.25) is 5.91 Å². The van der Waals surface area contributed by atoms with E-state index in [4.69, 9.17) is 5.73 Å². The maximum atomic E-state index is 12.0. The van der Waals surface area contributed by atoms with E-state index in [9.17, 15) is 4.79 Å². The average Bonchev–Trinajstić information content (AvgIpc) is 2.75. The van der Waals surface area contributed by atoms with Crippen molar-refractivity contribution in [3.05, 3.63) is 11.4 Å². The molecule has 0 radical (unpaired) electrons. The number of anilines is 1. The van der Waals surface area contributed by atoms with Gasteiger partial charge in [0.25, 0.3) is 0 Å². The summed E-state index contributed by atoms with van der Waals surface area (Å²) in [5.74, 6) is 0.429. The van der Waals surface area contributed by atoms with Crippen LogP contribution in [0.15, 0.2) is 16.6 Å². The van der Waals surface area contributed by atoms with Crippen LogP contribution < -0.4 is 11.1 Å². The van der Waals surface area contributed by atoms with Gasteiger partial charge in [-0.25, -0.2) is 9.97 Å². The summed E-state index contributed by atoms with van der Waals surface area (Å²) in [7, 11) is 0. The number of thioether (sulfide) groups is 1. The molecule has 5 nitrogen and oxygen atoms in total. The molecule has 0 aliphatic carbocycles. The van der Waals surface area contributed by atoms with Crippen LogP contribution in [0.3, 0.4) is 0 Å². The molecule has 1 atom stereocenters. The number of fused-ring (bicyclic) bond motifs is 1. The summed E-state index contributed by atoms with van der Waals surface area (Å²) >= 11 is 2.83. The summed E-state index contributed by atoms with van der Waals surface area (Å²) in [4.78, 5) is 21.6. The van der Waals surface area contributed by atoms with Crippen LogP contribution in [-0.2, 0) is 4.79 Å². The van der Waals surface area contributed by atoms with Crippen molar-refractivity contribution in [3.63, 3.8) is 0 Å². The van der Waals surface area contributed by atoms with E-state index < -0.39 is 0 Å². The number of amides is 1. The molecule has 0 aliphatic rings. The van der Waals surface area contributed by atoms with Gasteiger partial charge < -0.3 is 11.1 Å². The molecule has 2 aromatic rings. The number of nitrogens with two attached hydrogens (primary N) is 1. The second-order valence-electron chi connectivity index (χ2n) is 5.53. The largest absolute Gasteiger partial charge is 0.383 e. The molecule has 0 aromatic carbocycles. The molecule has 0 bridgehead atoms. The van der Waals surface area contributed by atoms with Gasteiger partial charge in [-0.2, -0.15) is 0 Å². The number of rotatable bonds is 3. The maximum absolute atomic E-state index is 12.0. The van der Waals surface area contributed by atoms with E-state index in [2.05, 4.69) is 15.3 Å². The fourth-order valence-electron chi connectivity index (χ4n) is 1.59. The SMILES string of the molecule is CC(Sc1nc(N)c2ccsc2n1)C(=O)NC(C)(C)C. The Kier molecular flexibility index (Phi) is 4.19. The van der Waals surface area contributed by atoms with Crippen molar-refractivity contribution in [1.29, 1.82) is 0 Å². The van der Waals surface area contributed by atoms with Gasteiger partial charge in [0.05, 0.1) is 10.6 Å². The molecule has 20 heavy (non-hydrogen) atoms. The maximum Gasteiger partial charge on any atom is 0.233 e. The van der Waals surface area contributed by atoms with Gasteiger partial charge in [-0.1, -0.05) is 11.8 Å². The Morgan fingerprint density at radius 3 is 2.80 bits per heavy atom. The molecule has 0 saturated heterocycles. The lowest BCUT2D eigenvalue weighted by atomic mass is 10.1. The molecular formula is C13H18N4OS2. The molecule has 3 N–H and O–H groups in total. The van der Waals surface area contributed by atoms with Gasteiger partial charge in [-0.05, 0) is 39.1 Å². The number of hydrogen-bond acceptors (Lipinski definition) is 6. The lowest BCUT2D eigenvalue weighted by Gasteiger charge is -2.22. The Morgan fingerprint density at radius 1 is 1.45 bits per heavy atom. The second kappa shape index (κ2) is 5.57. The lowest BCUT2D eigenvalue weighted by Crippen LogP contribution is -2.44. The molecule has 2 heterocycles. The first-order chi connectivity index (χ1) is 9.26. The molecule has 2 aromatic heterocycles. The first kappa shape index (κ1) is 15.1. The van der Waals surface area contributed by atoms with E-state index in [1.165, 1.54) is 23.1 Å². The van der Waals surface area contributed by atoms with E-state index in [1.54, 1.807) is 0 Å². The van der Waals surface area contributed by atoms with E-state index in [-0.39, 0.29) is 16.7 Å². The van der Waals surface area contributed by atoms with Crippen LogP contribution in [0.1, 0.15) is 27.7 Å². The fraction of sp³-hybridized carbons (Fsp3) is 0.462. The minimum absolute atomic E-state index is 0.0315. The summed E-state index contributed by atoms with van der Waals surface area (Å²) < 4.78 is 0. The molecule has 7 heteroatoms. The first-order valence-electron chi connectivity index (χ1n) is 6.25. The van der Waals surface area contributed by atoms with Crippen molar-refractivity contribution in [3.8, 4) is 0 Å². The van der Waals surface area contributed by atoms with Gasteiger partial charge >= 0.3 is 0 Å². The average molecular weight is 310 g/mol. The normalized spacial score (nSPS) is 13.4. The summed E-state index contributed by atoms with van der Waals surface area (Å²) in [6, 6.07) is 1.90. The standard InChI is InChI=1S/C13H18N4OS2/c1-7(10(18)17-13(2,3)4)20-12-15-9(14)8-5-6-19-11(8)16-12/h5-7H,1-4H3,(H,17,18)(H2,14,15,16). The number of thiophene rings is 1. The molecule has 0 aliphatic heterocycles. The minimum atomic E-state index is -0.272. The molecule has 1 unspecified atom stereocenters. The molecule has 2 rings (SSSR count). The predicted octanol–water partition coefficient (Wildman–Crippen LogP) is 2.67. The molecular weight excluding hydrogens is 292 g/mol. The predicted molar refractivity (Wildman–Crippen MR) is 85.0 cm³/mol. The molecule has 0 saturated carbocycles. The van der Waals surface area contributed by atoms with Crippen molar-refractivity contribution >= 4 is 45.0 Å². The van der Waals surface area contributed by atoms with Crippen LogP contribution in [0.5, 0.6) is 0 Å². The molecule has 1 amide bonds. The number of nitrogens with one attached hydrogen (secondary N) is 1. The van der Waals surface area contributed by atoms with Crippen molar-refractivity contribution in [2.24, 2.45) is 0 Å². The van der Waals surface area contributed by atoms with Crippen LogP contribution in [0.25, 0.3) is 10.2 Å². The van der Waals surface area contributed by atoms with Crippen LogP contribution in [-0.4, -0.2) is 26.7 Å². The van der Waals surface area contributed by atoms with E-state index in [1.807, 2.05) is 39.1 Å². The lowest BCUT2D eigenvalue weighted by molar-refractivity contribution is -0.121. The van der Waals surface area contributed by atoms with Crippen LogP contribution in [0.4, 0.5) is 5.82 Å². The van der Waals surface area contributed by atoms with E-state index in [0.717, 1.165) is 10.2 Å². The van der Waals surface area contributed by atoms with Gasteiger partial charge in [0.15, 0.2) is 5.16 Å². The molecule has 0 fully saturated rings. The monoisotopic (exact) mass is 310 g/mol. The zero-order chi connectivity index (χ0) is 14.9. The number of nitrogen functional groups attached to an aromatic ring is 1. The van der Waals surface area contributed by atoms with Crippen LogP contribution in [0.2, 0.25) is 0 Å². The summed E-state index contributed by atoms with van der Waals surface area (Å²) in [5, 5.41) is 6.00. The van der Waals surface area contributed by atoms with Crippen molar-refractivity contribution < 1.29 is 4.79 Å². The highest BCUT2D eigenvalue weighted by Crippen LogP contribution is 2.28. The highest BCUT2D eigenvalue weighted by Gasteiger charge is 2.21. The van der Waals surface area contributed by atoms with Crippen molar-refractivity contribution in [2.75, 3.05) is 5.73 Å². The third kappa shape index (κ3) is 3.61. The zero-order valence-corrected chi connectivity index (χ0v) is 13.6. The minimum Gasteiger partial charge on any atom is -0.383 e.